The molecule has 1 atom stereocenters. The third-order valence-corrected chi connectivity index (χ3v) is 5.15. The number of aromatic nitrogens is 1. The van der Waals surface area contributed by atoms with Crippen LogP contribution in [0.2, 0.25) is 0 Å². The molecular formula is C17H24N2S. The summed E-state index contributed by atoms with van der Waals surface area (Å²) in [7, 11) is 0. The molecule has 3 heteroatoms. The lowest BCUT2D eigenvalue weighted by Crippen LogP contribution is -2.10. The summed E-state index contributed by atoms with van der Waals surface area (Å²) < 4.78 is 0. The van der Waals surface area contributed by atoms with Crippen LogP contribution in [-0.2, 0) is 5.41 Å². The molecule has 2 nitrogen and oxygen atoms in total. The van der Waals surface area contributed by atoms with Gasteiger partial charge in [-0.3, -0.25) is 0 Å². The number of aryl methyl sites for hydroxylation is 2. The van der Waals surface area contributed by atoms with Gasteiger partial charge < -0.3 is 5.32 Å². The number of benzene rings is 1. The molecule has 0 radical (unpaired) electrons. The summed E-state index contributed by atoms with van der Waals surface area (Å²) in [5.74, 6) is 0. The fourth-order valence-corrected chi connectivity index (χ4v) is 3.29. The molecule has 1 aromatic carbocycles. The van der Waals surface area contributed by atoms with Gasteiger partial charge in [-0.15, -0.1) is 11.3 Å². The number of nitrogens with zero attached hydrogens (tertiary/aromatic N) is 1. The SMILES string of the molecule is Cc1ccccc1NC(C)c1sc(C(C)(C)C)nc1C. The molecule has 1 unspecified atom stereocenters. The number of anilines is 1. The maximum Gasteiger partial charge on any atom is 0.0985 e. The van der Waals surface area contributed by atoms with Gasteiger partial charge in [0.25, 0.3) is 0 Å². The topological polar surface area (TPSA) is 24.9 Å². The van der Waals surface area contributed by atoms with Gasteiger partial charge in [0.2, 0.25) is 0 Å². The normalized spacial score (nSPS) is 13.3. The first-order valence-corrected chi connectivity index (χ1v) is 7.90. The van der Waals surface area contributed by atoms with Gasteiger partial charge in [-0.25, -0.2) is 4.98 Å². The van der Waals surface area contributed by atoms with E-state index in [1.165, 1.54) is 21.1 Å². The molecule has 0 aliphatic rings. The van der Waals surface area contributed by atoms with Crippen molar-refractivity contribution in [2.45, 2.75) is 53.0 Å². The number of thiazole rings is 1. The molecule has 20 heavy (non-hydrogen) atoms. The highest BCUT2D eigenvalue weighted by molar-refractivity contribution is 7.12. The molecule has 0 amide bonds. The maximum atomic E-state index is 4.75. The highest BCUT2D eigenvalue weighted by Crippen LogP contribution is 2.34. The van der Waals surface area contributed by atoms with Gasteiger partial charge in [-0.1, -0.05) is 39.0 Å². The Balaban J connectivity index is 2.24. The number of hydrogen-bond acceptors (Lipinski definition) is 3. The van der Waals surface area contributed by atoms with Crippen LogP contribution >= 0.6 is 11.3 Å². The largest absolute Gasteiger partial charge is 0.377 e. The van der Waals surface area contributed by atoms with Crippen LogP contribution in [0.5, 0.6) is 0 Å². The zero-order chi connectivity index (χ0) is 14.9. The molecule has 0 saturated heterocycles. The van der Waals surface area contributed by atoms with Crippen LogP contribution in [0.3, 0.4) is 0 Å². The molecule has 0 aliphatic heterocycles. The molecule has 2 rings (SSSR count). The molecule has 1 aromatic heterocycles. The Bertz CT molecular complexity index is 593. The van der Waals surface area contributed by atoms with Crippen molar-refractivity contribution in [2.24, 2.45) is 0 Å². The lowest BCUT2D eigenvalue weighted by molar-refractivity contribution is 0.584. The molecule has 1 heterocycles. The summed E-state index contributed by atoms with van der Waals surface area (Å²) in [6, 6.07) is 8.69. The fraction of sp³-hybridized carbons (Fsp3) is 0.471. The first-order valence-electron chi connectivity index (χ1n) is 7.09. The van der Waals surface area contributed by atoms with Crippen LogP contribution in [0.15, 0.2) is 24.3 Å². The van der Waals surface area contributed by atoms with E-state index >= 15 is 0 Å². The van der Waals surface area contributed by atoms with Gasteiger partial charge in [0.1, 0.15) is 0 Å². The summed E-state index contributed by atoms with van der Waals surface area (Å²) in [5, 5.41) is 4.81. The summed E-state index contributed by atoms with van der Waals surface area (Å²) in [6.07, 6.45) is 0. The van der Waals surface area contributed by atoms with Gasteiger partial charge in [-0.05, 0) is 32.4 Å². The molecule has 0 spiro atoms. The van der Waals surface area contributed by atoms with Crippen molar-refractivity contribution in [1.29, 1.82) is 0 Å². The molecule has 0 aliphatic carbocycles. The van der Waals surface area contributed by atoms with Crippen molar-refractivity contribution in [1.82, 2.24) is 4.98 Å². The fourth-order valence-electron chi connectivity index (χ4n) is 2.16. The number of hydrogen-bond donors (Lipinski definition) is 1. The van der Waals surface area contributed by atoms with E-state index in [4.69, 9.17) is 4.98 Å². The van der Waals surface area contributed by atoms with Crippen molar-refractivity contribution >= 4 is 17.0 Å². The van der Waals surface area contributed by atoms with Crippen molar-refractivity contribution in [2.75, 3.05) is 5.32 Å². The average Bonchev–Trinajstić information content (AvgIpc) is 2.74. The molecule has 0 bridgehead atoms. The van der Waals surface area contributed by atoms with Crippen LogP contribution in [0.25, 0.3) is 0 Å². The molecule has 108 valence electrons. The van der Waals surface area contributed by atoms with Crippen molar-refractivity contribution in [3.05, 3.63) is 45.4 Å². The van der Waals surface area contributed by atoms with Crippen LogP contribution < -0.4 is 5.32 Å². The second-order valence-corrected chi connectivity index (χ2v) is 7.43. The third-order valence-electron chi connectivity index (χ3n) is 3.38. The highest BCUT2D eigenvalue weighted by atomic mass is 32.1. The molecular weight excluding hydrogens is 264 g/mol. The van der Waals surface area contributed by atoms with Gasteiger partial charge in [0, 0.05) is 16.0 Å². The van der Waals surface area contributed by atoms with Gasteiger partial charge in [-0.2, -0.15) is 0 Å². The van der Waals surface area contributed by atoms with Crippen LogP contribution in [0.4, 0.5) is 5.69 Å². The van der Waals surface area contributed by atoms with Crippen molar-refractivity contribution in [3.63, 3.8) is 0 Å². The second kappa shape index (κ2) is 5.57. The highest BCUT2D eigenvalue weighted by Gasteiger charge is 2.22. The molecule has 0 saturated carbocycles. The van der Waals surface area contributed by atoms with Gasteiger partial charge >= 0.3 is 0 Å². The van der Waals surface area contributed by atoms with Crippen LogP contribution in [-0.4, -0.2) is 4.98 Å². The predicted octanol–water partition coefficient (Wildman–Crippen LogP) is 5.23. The summed E-state index contributed by atoms with van der Waals surface area (Å²) in [5.41, 5.74) is 3.74. The second-order valence-electron chi connectivity index (χ2n) is 6.40. The van der Waals surface area contributed by atoms with E-state index in [9.17, 15) is 0 Å². The molecule has 2 aromatic rings. The summed E-state index contributed by atoms with van der Waals surface area (Å²) in [4.78, 5) is 6.08. The maximum absolute atomic E-state index is 4.75. The standard InChI is InChI=1S/C17H24N2S/c1-11-9-7-8-10-14(11)18-12(2)15-13(3)19-16(20-15)17(4,5)6/h7-10,12,18H,1-6H3. The van der Waals surface area contributed by atoms with E-state index in [0.717, 1.165) is 5.69 Å². The minimum atomic E-state index is 0.121. The lowest BCUT2D eigenvalue weighted by Gasteiger charge is -2.16. The Kier molecular flexibility index (Phi) is 4.19. The Morgan fingerprint density at radius 3 is 2.35 bits per heavy atom. The smallest absolute Gasteiger partial charge is 0.0985 e. The Morgan fingerprint density at radius 2 is 1.80 bits per heavy atom. The Morgan fingerprint density at radius 1 is 1.15 bits per heavy atom. The van der Waals surface area contributed by atoms with Gasteiger partial charge in [0.15, 0.2) is 0 Å². The zero-order valence-electron chi connectivity index (χ0n) is 13.2. The Labute approximate surface area is 126 Å². The summed E-state index contributed by atoms with van der Waals surface area (Å²) >= 11 is 1.83. The first-order chi connectivity index (χ1) is 9.29. The monoisotopic (exact) mass is 288 g/mol. The first kappa shape index (κ1) is 15.0. The van der Waals surface area contributed by atoms with E-state index in [0.29, 0.717) is 0 Å². The quantitative estimate of drug-likeness (QED) is 0.836. The summed E-state index contributed by atoms with van der Waals surface area (Å²) in [6.45, 7) is 13.1. The predicted molar refractivity (Wildman–Crippen MR) is 88.8 cm³/mol. The zero-order valence-corrected chi connectivity index (χ0v) is 14.1. The molecule has 0 fully saturated rings. The minimum absolute atomic E-state index is 0.121. The lowest BCUT2D eigenvalue weighted by atomic mass is 9.98. The van der Waals surface area contributed by atoms with E-state index < -0.39 is 0 Å². The molecule has 1 N–H and O–H groups in total. The minimum Gasteiger partial charge on any atom is -0.377 e. The van der Waals surface area contributed by atoms with Crippen LogP contribution in [0, 0.1) is 13.8 Å². The Hall–Kier alpha value is -1.35. The van der Waals surface area contributed by atoms with Gasteiger partial charge in [0.05, 0.1) is 16.7 Å². The van der Waals surface area contributed by atoms with E-state index in [2.05, 4.69) is 71.1 Å². The average molecular weight is 288 g/mol. The van der Waals surface area contributed by atoms with E-state index in [-0.39, 0.29) is 11.5 Å². The number of rotatable bonds is 3. The number of nitrogens with one attached hydrogen (secondary N) is 1. The third kappa shape index (κ3) is 3.21. The van der Waals surface area contributed by atoms with Crippen molar-refractivity contribution < 1.29 is 0 Å². The van der Waals surface area contributed by atoms with E-state index in [1.807, 2.05) is 11.3 Å². The van der Waals surface area contributed by atoms with Crippen LogP contribution in [0.1, 0.15) is 54.9 Å². The van der Waals surface area contributed by atoms with E-state index in [1.54, 1.807) is 0 Å². The number of para-hydroxylation sites is 1. The van der Waals surface area contributed by atoms with Crippen molar-refractivity contribution in [3.8, 4) is 0 Å².